The lowest BCUT2D eigenvalue weighted by atomic mass is 10.0. The van der Waals surface area contributed by atoms with E-state index in [1.165, 1.54) is 0 Å². The molecule has 25 heavy (non-hydrogen) atoms. The molecule has 0 aliphatic carbocycles. The molecule has 0 aromatic heterocycles. The van der Waals surface area contributed by atoms with Crippen molar-refractivity contribution in [1.29, 1.82) is 0 Å². The normalized spacial score (nSPS) is 17.3. The smallest absolute Gasteiger partial charge is 0.238 e. The maximum absolute atomic E-state index is 12.6. The predicted molar refractivity (Wildman–Crippen MR) is 105 cm³/mol. The van der Waals surface area contributed by atoms with Crippen LogP contribution in [0.5, 0.6) is 5.75 Å². The number of nitrogens with zero attached hydrogens (tertiary/aromatic N) is 1. The van der Waals surface area contributed by atoms with E-state index in [4.69, 9.17) is 16.3 Å². The molecule has 4 rings (SSSR count). The molecular formula is C20H16ClNO2S. The van der Waals surface area contributed by atoms with Crippen LogP contribution in [0, 0.1) is 0 Å². The molecule has 1 aliphatic rings. The summed E-state index contributed by atoms with van der Waals surface area (Å²) in [5, 5.41) is 2.76. The fourth-order valence-corrected chi connectivity index (χ4v) is 4.59. The quantitative estimate of drug-likeness (QED) is 0.629. The van der Waals surface area contributed by atoms with Crippen LogP contribution in [-0.2, 0) is 4.79 Å². The topological polar surface area (TPSA) is 29.5 Å². The summed E-state index contributed by atoms with van der Waals surface area (Å²) in [5.41, 5.74) is 1.88. The number of halogens is 1. The highest BCUT2D eigenvalue weighted by molar-refractivity contribution is 8.00. The molecule has 1 heterocycles. The number of hydrogen-bond acceptors (Lipinski definition) is 3. The molecule has 0 radical (unpaired) electrons. The van der Waals surface area contributed by atoms with Gasteiger partial charge >= 0.3 is 0 Å². The van der Waals surface area contributed by atoms with Crippen molar-refractivity contribution in [2.45, 2.75) is 5.37 Å². The Labute approximate surface area is 155 Å². The fraction of sp³-hybridized carbons (Fsp3) is 0.150. The van der Waals surface area contributed by atoms with E-state index in [0.717, 1.165) is 27.8 Å². The maximum Gasteiger partial charge on any atom is 0.238 e. The molecule has 3 nitrogen and oxygen atoms in total. The number of ether oxygens (including phenoxy) is 1. The zero-order valence-corrected chi connectivity index (χ0v) is 15.2. The zero-order valence-electron chi connectivity index (χ0n) is 13.6. The number of thioether (sulfide) groups is 1. The Morgan fingerprint density at radius 1 is 1.08 bits per heavy atom. The van der Waals surface area contributed by atoms with E-state index in [0.29, 0.717) is 10.8 Å². The van der Waals surface area contributed by atoms with Crippen LogP contribution in [0.1, 0.15) is 10.9 Å². The van der Waals surface area contributed by atoms with Crippen molar-refractivity contribution in [2.75, 3.05) is 17.8 Å². The maximum atomic E-state index is 12.6. The number of hydrogen-bond donors (Lipinski definition) is 0. The van der Waals surface area contributed by atoms with E-state index in [1.54, 1.807) is 18.9 Å². The summed E-state index contributed by atoms with van der Waals surface area (Å²) >= 11 is 7.62. The average Bonchev–Trinajstić information content (AvgIpc) is 3.02. The lowest BCUT2D eigenvalue weighted by Crippen LogP contribution is -2.28. The number of rotatable bonds is 3. The third-order valence-electron chi connectivity index (χ3n) is 4.37. The molecule has 0 spiro atoms. The Kier molecular flexibility index (Phi) is 4.32. The van der Waals surface area contributed by atoms with Gasteiger partial charge in [-0.25, -0.2) is 0 Å². The van der Waals surface area contributed by atoms with Gasteiger partial charge in [0.25, 0.3) is 0 Å². The highest BCUT2D eigenvalue weighted by Crippen LogP contribution is 2.47. The van der Waals surface area contributed by atoms with Crippen molar-refractivity contribution in [2.24, 2.45) is 0 Å². The summed E-state index contributed by atoms with van der Waals surface area (Å²) in [6.45, 7) is 0. The Morgan fingerprint density at radius 2 is 1.84 bits per heavy atom. The first-order valence-corrected chi connectivity index (χ1v) is 9.36. The summed E-state index contributed by atoms with van der Waals surface area (Å²) in [6, 6.07) is 19.6. The molecule has 5 heteroatoms. The van der Waals surface area contributed by atoms with E-state index in [9.17, 15) is 4.79 Å². The van der Waals surface area contributed by atoms with Crippen LogP contribution in [0.15, 0.2) is 60.7 Å². The van der Waals surface area contributed by atoms with E-state index in [-0.39, 0.29) is 11.3 Å². The molecular weight excluding hydrogens is 354 g/mol. The molecule has 126 valence electrons. The minimum absolute atomic E-state index is 0.0901. The largest absolute Gasteiger partial charge is 0.496 e. The third kappa shape index (κ3) is 2.86. The zero-order chi connectivity index (χ0) is 17.4. The van der Waals surface area contributed by atoms with Gasteiger partial charge < -0.3 is 4.74 Å². The molecule has 0 N–H and O–H groups in total. The number of carbonyl (C=O) groups is 1. The summed E-state index contributed by atoms with van der Waals surface area (Å²) in [4.78, 5) is 14.4. The second-order valence-electron chi connectivity index (χ2n) is 5.81. The molecule has 0 bridgehead atoms. The Balaban J connectivity index is 1.89. The monoisotopic (exact) mass is 369 g/mol. The first-order chi connectivity index (χ1) is 12.2. The van der Waals surface area contributed by atoms with Gasteiger partial charge in [0, 0.05) is 16.3 Å². The predicted octanol–water partition coefficient (Wildman–Crippen LogP) is 5.28. The standard InChI is InChI=1S/C20H16ClNO2S/c1-24-17-11-6-13-4-2-3-5-16(13)19(17)20-22(18(23)12-25-20)15-9-7-14(21)8-10-15/h2-11,20H,12H2,1H3/t20-/m0/s1. The van der Waals surface area contributed by atoms with Crippen LogP contribution < -0.4 is 9.64 Å². The molecule has 1 amide bonds. The van der Waals surface area contributed by atoms with Crippen LogP contribution in [0.3, 0.4) is 0 Å². The fourth-order valence-electron chi connectivity index (χ4n) is 3.23. The Hall–Kier alpha value is -2.17. The minimum atomic E-state index is -0.130. The molecule has 1 fully saturated rings. The van der Waals surface area contributed by atoms with Gasteiger partial charge in [-0.2, -0.15) is 0 Å². The van der Waals surface area contributed by atoms with Crippen LogP contribution in [0.25, 0.3) is 10.8 Å². The second-order valence-corrected chi connectivity index (χ2v) is 7.31. The molecule has 0 saturated carbocycles. The van der Waals surface area contributed by atoms with Gasteiger partial charge in [0.15, 0.2) is 0 Å². The molecule has 1 aliphatic heterocycles. The molecule has 1 saturated heterocycles. The van der Waals surface area contributed by atoms with Gasteiger partial charge in [-0.3, -0.25) is 9.69 Å². The van der Waals surface area contributed by atoms with Crippen molar-refractivity contribution in [3.63, 3.8) is 0 Å². The van der Waals surface area contributed by atoms with Crippen molar-refractivity contribution >= 4 is 45.7 Å². The van der Waals surface area contributed by atoms with Crippen molar-refractivity contribution in [3.8, 4) is 5.75 Å². The molecule has 3 aromatic rings. The van der Waals surface area contributed by atoms with Crippen molar-refractivity contribution in [1.82, 2.24) is 0 Å². The summed E-state index contributed by atoms with van der Waals surface area (Å²) in [5.74, 6) is 1.33. The Morgan fingerprint density at radius 3 is 2.60 bits per heavy atom. The van der Waals surface area contributed by atoms with Gasteiger partial charge in [-0.05, 0) is 41.1 Å². The lowest BCUT2D eigenvalue weighted by Gasteiger charge is -2.26. The third-order valence-corrected chi connectivity index (χ3v) is 5.80. The summed E-state index contributed by atoms with van der Waals surface area (Å²) in [7, 11) is 1.67. The highest BCUT2D eigenvalue weighted by Gasteiger charge is 2.36. The number of benzene rings is 3. The van der Waals surface area contributed by atoms with Crippen LogP contribution in [0.4, 0.5) is 5.69 Å². The first-order valence-electron chi connectivity index (χ1n) is 7.94. The minimum Gasteiger partial charge on any atom is -0.496 e. The Bertz CT molecular complexity index is 942. The van der Waals surface area contributed by atoms with E-state index in [2.05, 4.69) is 12.1 Å². The summed E-state index contributed by atoms with van der Waals surface area (Å²) < 4.78 is 5.63. The van der Waals surface area contributed by atoms with E-state index >= 15 is 0 Å². The van der Waals surface area contributed by atoms with Gasteiger partial charge in [0.2, 0.25) is 5.91 Å². The average molecular weight is 370 g/mol. The van der Waals surface area contributed by atoms with E-state index < -0.39 is 0 Å². The van der Waals surface area contributed by atoms with Crippen LogP contribution in [-0.4, -0.2) is 18.8 Å². The SMILES string of the molecule is COc1ccc2ccccc2c1[C@@H]1SCC(=O)N1c1ccc(Cl)cc1. The number of fused-ring (bicyclic) bond motifs is 1. The molecule has 0 unspecified atom stereocenters. The number of anilines is 1. The van der Waals surface area contributed by atoms with E-state index in [1.807, 2.05) is 53.4 Å². The first kappa shape index (κ1) is 16.3. The molecule has 3 aromatic carbocycles. The highest BCUT2D eigenvalue weighted by atomic mass is 35.5. The number of amides is 1. The van der Waals surface area contributed by atoms with Crippen molar-refractivity contribution < 1.29 is 9.53 Å². The van der Waals surface area contributed by atoms with Gasteiger partial charge in [0.1, 0.15) is 11.1 Å². The lowest BCUT2D eigenvalue weighted by molar-refractivity contribution is -0.115. The molecule has 1 atom stereocenters. The number of carbonyl (C=O) groups excluding carboxylic acids is 1. The van der Waals surface area contributed by atoms with Crippen molar-refractivity contribution in [3.05, 3.63) is 71.2 Å². The van der Waals surface area contributed by atoms with Gasteiger partial charge in [-0.15, -0.1) is 11.8 Å². The van der Waals surface area contributed by atoms with Crippen LogP contribution in [0.2, 0.25) is 5.02 Å². The van der Waals surface area contributed by atoms with Gasteiger partial charge in [0.05, 0.1) is 12.9 Å². The second kappa shape index (κ2) is 6.62. The number of methoxy groups -OCH3 is 1. The summed E-state index contributed by atoms with van der Waals surface area (Å²) in [6.07, 6.45) is 0. The van der Waals surface area contributed by atoms with Crippen LogP contribution >= 0.6 is 23.4 Å². The van der Waals surface area contributed by atoms with Gasteiger partial charge in [-0.1, -0.05) is 41.9 Å².